The largest absolute Gasteiger partial charge is 0.462 e. The molecule has 0 aromatic heterocycles. The molecule has 0 saturated heterocycles. The number of benzene rings is 1. The molecule has 0 aliphatic heterocycles. The molecule has 98 valence electrons. The normalized spacial score (nSPS) is 10.8. The van der Waals surface area contributed by atoms with Crippen molar-refractivity contribution in [2.24, 2.45) is 5.14 Å². The summed E-state index contributed by atoms with van der Waals surface area (Å²) in [6.07, 6.45) is 0. The summed E-state index contributed by atoms with van der Waals surface area (Å²) in [6.45, 7) is 1.89. The predicted molar refractivity (Wildman–Crippen MR) is 60.9 cm³/mol. The van der Waals surface area contributed by atoms with Gasteiger partial charge in [-0.3, -0.25) is 0 Å². The molecule has 1 aromatic rings. The molecule has 0 fully saturated rings. The Labute approximate surface area is 104 Å². The van der Waals surface area contributed by atoms with Crippen LogP contribution in [-0.2, 0) is 19.2 Å². The van der Waals surface area contributed by atoms with Gasteiger partial charge < -0.3 is 8.92 Å². The molecule has 0 bridgehead atoms. The lowest BCUT2D eigenvalue weighted by molar-refractivity contribution is 0.0525. The van der Waals surface area contributed by atoms with E-state index in [2.05, 4.69) is 9.32 Å². The minimum absolute atomic E-state index is 0.0444. The van der Waals surface area contributed by atoms with Gasteiger partial charge in [0.2, 0.25) is 0 Å². The molecule has 1 rings (SSSR count). The quantitative estimate of drug-likeness (QED) is 0.785. The van der Waals surface area contributed by atoms with Crippen LogP contribution in [0.15, 0.2) is 24.3 Å². The first-order valence-corrected chi connectivity index (χ1v) is 6.34. The van der Waals surface area contributed by atoms with Crippen molar-refractivity contribution in [1.82, 2.24) is 0 Å². The highest BCUT2D eigenvalue weighted by atomic mass is 32.2. The number of rotatable bonds is 4. The van der Waals surface area contributed by atoms with E-state index < -0.39 is 22.2 Å². The Morgan fingerprint density at radius 2 is 1.56 bits per heavy atom. The molecular formula is C10H11NO6S. The molecule has 18 heavy (non-hydrogen) atoms. The third-order valence-corrected chi connectivity index (χ3v) is 2.21. The number of hydrogen-bond acceptors (Lipinski definition) is 6. The standard InChI is InChI=1S/C10H11NO6S/c1-2-16-9(12)7-3-5-8(6-4-7)10(13)17-18(11,14)15/h3-6H,2H2,1H3,(H2,11,14,15). The maximum atomic E-state index is 11.3. The van der Waals surface area contributed by atoms with Crippen LogP contribution < -0.4 is 5.14 Å². The van der Waals surface area contributed by atoms with Gasteiger partial charge in [0.05, 0.1) is 17.7 Å². The Bertz CT molecular complexity index is 548. The number of esters is 1. The van der Waals surface area contributed by atoms with Crippen molar-refractivity contribution in [2.75, 3.05) is 6.61 Å². The smallest absolute Gasteiger partial charge is 0.382 e. The second-order valence-electron chi connectivity index (χ2n) is 3.16. The van der Waals surface area contributed by atoms with Crippen molar-refractivity contribution < 1.29 is 26.9 Å². The van der Waals surface area contributed by atoms with E-state index in [4.69, 9.17) is 4.74 Å². The van der Waals surface area contributed by atoms with Gasteiger partial charge in [-0.1, -0.05) is 0 Å². The topological polar surface area (TPSA) is 113 Å². The molecule has 7 nitrogen and oxygen atoms in total. The fourth-order valence-corrected chi connectivity index (χ4v) is 1.42. The zero-order chi connectivity index (χ0) is 13.8. The summed E-state index contributed by atoms with van der Waals surface area (Å²) in [5, 5.41) is 4.55. The van der Waals surface area contributed by atoms with E-state index in [1.54, 1.807) is 6.92 Å². The van der Waals surface area contributed by atoms with Gasteiger partial charge in [-0.05, 0) is 31.2 Å². The maximum Gasteiger partial charge on any atom is 0.382 e. The van der Waals surface area contributed by atoms with Crippen LogP contribution in [0.25, 0.3) is 0 Å². The summed E-state index contributed by atoms with van der Waals surface area (Å²) >= 11 is 0. The summed E-state index contributed by atoms with van der Waals surface area (Å²) in [5.74, 6) is -1.66. The SMILES string of the molecule is CCOC(=O)c1ccc(C(=O)OS(N)(=O)=O)cc1. The molecule has 0 unspecified atom stereocenters. The number of carbonyl (C=O) groups excluding carboxylic acids is 2. The Balaban J connectivity index is 2.83. The Morgan fingerprint density at radius 3 is 1.94 bits per heavy atom. The zero-order valence-corrected chi connectivity index (χ0v) is 10.3. The first-order chi connectivity index (χ1) is 8.33. The molecule has 0 amide bonds. The Hall–Kier alpha value is -1.93. The summed E-state index contributed by atoms with van der Waals surface area (Å²) in [6, 6.07) is 5.11. The second-order valence-corrected chi connectivity index (χ2v) is 4.31. The van der Waals surface area contributed by atoms with E-state index in [1.165, 1.54) is 24.3 Å². The highest BCUT2D eigenvalue weighted by molar-refractivity contribution is 7.84. The van der Waals surface area contributed by atoms with Crippen molar-refractivity contribution in [3.8, 4) is 0 Å². The van der Waals surface area contributed by atoms with Gasteiger partial charge in [-0.2, -0.15) is 13.6 Å². The van der Waals surface area contributed by atoms with Crippen LogP contribution in [-0.4, -0.2) is 27.0 Å². The molecule has 0 atom stereocenters. The van der Waals surface area contributed by atoms with Gasteiger partial charge in [0, 0.05) is 0 Å². The summed E-state index contributed by atoms with van der Waals surface area (Å²) < 4.78 is 29.8. The first-order valence-electron chi connectivity index (χ1n) is 4.87. The van der Waals surface area contributed by atoms with Gasteiger partial charge in [-0.25, -0.2) is 9.59 Å². The van der Waals surface area contributed by atoms with Gasteiger partial charge in [0.15, 0.2) is 0 Å². The van der Waals surface area contributed by atoms with Crippen LogP contribution in [0.4, 0.5) is 0 Å². The van der Waals surface area contributed by atoms with Crippen LogP contribution in [0.1, 0.15) is 27.6 Å². The van der Waals surface area contributed by atoms with Crippen molar-refractivity contribution >= 4 is 22.2 Å². The van der Waals surface area contributed by atoms with Gasteiger partial charge in [0.1, 0.15) is 0 Å². The number of nitrogens with two attached hydrogens (primary N) is 1. The lowest BCUT2D eigenvalue weighted by Crippen LogP contribution is -2.20. The van der Waals surface area contributed by atoms with E-state index >= 15 is 0 Å². The highest BCUT2D eigenvalue weighted by Crippen LogP contribution is 2.08. The van der Waals surface area contributed by atoms with Gasteiger partial charge in [-0.15, -0.1) is 0 Å². The minimum atomic E-state index is -4.35. The number of ether oxygens (including phenoxy) is 1. The van der Waals surface area contributed by atoms with Gasteiger partial charge >= 0.3 is 22.2 Å². The molecule has 8 heteroatoms. The molecule has 0 aliphatic carbocycles. The number of carbonyl (C=O) groups is 2. The summed E-state index contributed by atoms with van der Waals surface area (Å²) in [4.78, 5) is 22.6. The van der Waals surface area contributed by atoms with Crippen molar-refractivity contribution in [1.29, 1.82) is 0 Å². The average molecular weight is 273 g/mol. The molecule has 2 N–H and O–H groups in total. The van der Waals surface area contributed by atoms with Crippen LogP contribution in [0.3, 0.4) is 0 Å². The first kappa shape index (κ1) is 14.1. The predicted octanol–water partition coefficient (Wildman–Crippen LogP) is 0.224. The summed E-state index contributed by atoms with van der Waals surface area (Å²) in [7, 11) is -4.35. The molecule has 0 saturated carbocycles. The van der Waals surface area contributed by atoms with Gasteiger partial charge in [0.25, 0.3) is 0 Å². The van der Waals surface area contributed by atoms with Crippen LogP contribution in [0.5, 0.6) is 0 Å². The van der Waals surface area contributed by atoms with E-state index in [0.29, 0.717) is 0 Å². The highest BCUT2D eigenvalue weighted by Gasteiger charge is 2.15. The molecular weight excluding hydrogens is 262 g/mol. The van der Waals surface area contributed by atoms with Crippen LogP contribution in [0.2, 0.25) is 0 Å². The molecule has 0 heterocycles. The average Bonchev–Trinajstić information content (AvgIpc) is 2.27. The summed E-state index contributed by atoms with van der Waals surface area (Å²) in [5.41, 5.74) is 0.195. The molecule has 0 aliphatic rings. The van der Waals surface area contributed by atoms with E-state index in [9.17, 15) is 18.0 Å². The molecule has 1 aromatic carbocycles. The lowest BCUT2D eigenvalue weighted by atomic mass is 10.1. The van der Waals surface area contributed by atoms with E-state index in [1.807, 2.05) is 0 Å². The van der Waals surface area contributed by atoms with Crippen molar-refractivity contribution in [3.63, 3.8) is 0 Å². The second kappa shape index (κ2) is 5.61. The molecule has 0 spiro atoms. The van der Waals surface area contributed by atoms with Crippen molar-refractivity contribution in [3.05, 3.63) is 35.4 Å². The zero-order valence-electron chi connectivity index (χ0n) is 9.45. The van der Waals surface area contributed by atoms with E-state index in [-0.39, 0.29) is 17.7 Å². The maximum absolute atomic E-state index is 11.3. The minimum Gasteiger partial charge on any atom is -0.462 e. The van der Waals surface area contributed by atoms with Crippen molar-refractivity contribution in [2.45, 2.75) is 6.92 Å². The fourth-order valence-electron chi connectivity index (χ4n) is 1.11. The van der Waals surface area contributed by atoms with Crippen LogP contribution >= 0.6 is 0 Å². The fraction of sp³-hybridized carbons (Fsp3) is 0.200. The Kier molecular flexibility index (Phi) is 4.40. The molecule has 0 radical (unpaired) electrons. The monoisotopic (exact) mass is 273 g/mol. The van der Waals surface area contributed by atoms with E-state index in [0.717, 1.165) is 0 Å². The van der Waals surface area contributed by atoms with Crippen LogP contribution in [0, 0.1) is 0 Å². The lowest BCUT2D eigenvalue weighted by Gasteiger charge is -2.03. The third kappa shape index (κ3) is 4.15. The Morgan fingerprint density at radius 1 is 1.11 bits per heavy atom. The third-order valence-electron chi connectivity index (χ3n) is 1.82. The number of hydrogen-bond donors (Lipinski definition) is 1.